The highest BCUT2D eigenvalue weighted by Crippen LogP contribution is 2.28. The highest BCUT2D eigenvalue weighted by Gasteiger charge is 2.46. The number of rotatable bonds is 4. The van der Waals surface area contributed by atoms with Crippen molar-refractivity contribution in [2.45, 2.75) is 32.5 Å². The molecule has 2 saturated heterocycles. The van der Waals surface area contributed by atoms with Gasteiger partial charge >= 0.3 is 0 Å². The summed E-state index contributed by atoms with van der Waals surface area (Å²) >= 11 is 0. The molecule has 23 heavy (non-hydrogen) atoms. The number of imidazole rings is 1. The molecule has 7 heteroatoms. The highest BCUT2D eigenvalue weighted by atomic mass is 32.2. The van der Waals surface area contributed by atoms with Crippen LogP contribution in [0.1, 0.15) is 19.7 Å². The van der Waals surface area contributed by atoms with Crippen LogP contribution >= 0.6 is 0 Å². The number of piperazine rings is 1. The molecule has 0 N–H and O–H groups in total. The van der Waals surface area contributed by atoms with E-state index in [-0.39, 0.29) is 23.6 Å². The molecule has 0 spiro atoms. The van der Waals surface area contributed by atoms with E-state index in [1.165, 1.54) is 5.57 Å². The van der Waals surface area contributed by atoms with Gasteiger partial charge in [0.15, 0.2) is 9.84 Å². The summed E-state index contributed by atoms with van der Waals surface area (Å²) in [5.74, 6) is 1.55. The third-order valence-corrected chi connectivity index (χ3v) is 6.60. The lowest BCUT2D eigenvalue weighted by atomic mass is 10.0. The van der Waals surface area contributed by atoms with Crippen LogP contribution < -0.4 is 0 Å². The van der Waals surface area contributed by atoms with Crippen molar-refractivity contribution in [3.8, 4) is 0 Å². The van der Waals surface area contributed by atoms with Gasteiger partial charge in [0, 0.05) is 51.2 Å². The lowest BCUT2D eigenvalue weighted by Gasteiger charge is -2.43. The summed E-state index contributed by atoms with van der Waals surface area (Å²) in [4.78, 5) is 9.02. The van der Waals surface area contributed by atoms with E-state index in [1.807, 2.05) is 17.8 Å². The third kappa shape index (κ3) is 3.67. The second-order valence-corrected chi connectivity index (χ2v) is 9.07. The predicted molar refractivity (Wildman–Crippen MR) is 90.9 cm³/mol. The molecule has 3 heterocycles. The fourth-order valence-corrected chi connectivity index (χ4v) is 5.59. The molecule has 2 unspecified atom stereocenters. The third-order valence-electron chi connectivity index (χ3n) is 4.91. The molecule has 0 amide bonds. The van der Waals surface area contributed by atoms with Gasteiger partial charge in [-0.25, -0.2) is 13.4 Å². The quantitative estimate of drug-likeness (QED) is 0.755. The Labute approximate surface area is 138 Å². The van der Waals surface area contributed by atoms with E-state index >= 15 is 0 Å². The molecule has 0 bridgehead atoms. The number of hydrogen-bond donors (Lipinski definition) is 0. The van der Waals surface area contributed by atoms with Crippen LogP contribution in [0.25, 0.3) is 0 Å². The van der Waals surface area contributed by atoms with Gasteiger partial charge in [0.05, 0.1) is 18.1 Å². The Kier molecular flexibility index (Phi) is 4.62. The van der Waals surface area contributed by atoms with Crippen molar-refractivity contribution in [1.82, 2.24) is 19.4 Å². The first-order valence-corrected chi connectivity index (χ1v) is 9.96. The van der Waals surface area contributed by atoms with E-state index in [4.69, 9.17) is 0 Å². The summed E-state index contributed by atoms with van der Waals surface area (Å²) in [6, 6.07) is 0.181. The van der Waals surface area contributed by atoms with Crippen molar-refractivity contribution in [1.29, 1.82) is 0 Å². The normalized spacial score (nSPS) is 27.8. The standard InChI is InChI=1S/C16H26N4O2S/c1-13(2)4-6-19-8-9-20(10-16-17-5-7-18(16)3)15-12-23(21,22)11-14(15)19/h4-5,7,14-15H,6,8-12H2,1-3H3. The SMILES string of the molecule is CC(C)=CCN1CCN(Cc2nccn2C)C2CS(=O)(=O)CC21. The van der Waals surface area contributed by atoms with Crippen LogP contribution in [0, 0.1) is 0 Å². The maximum Gasteiger partial charge on any atom is 0.153 e. The van der Waals surface area contributed by atoms with E-state index in [0.29, 0.717) is 0 Å². The van der Waals surface area contributed by atoms with Gasteiger partial charge < -0.3 is 4.57 Å². The molecule has 0 radical (unpaired) electrons. The smallest absolute Gasteiger partial charge is 0.153 e. The number of aryl methyl sites for hydroxylation is 1. The Morgan fingerprint density at radius 3 is 2.52 bits per heavy atom. The summed E-state index contributed by atoms with van der Waals surface area (Å²) in [6.07, 6.45) is 5.92. The highest BCUT2D eigenvalue weighted by molar-refractivity contribution is 7.91. The molecule has 3 rings (SSSR count). The second-order valence-electron chi connectivity index (χ2n) is 6.91. The maximum absolute atomic E-state index is 12.2. The summed E-state index contributed by atoms with van der Waals surface area (Å²) in [6.45, 7) is 7.53. The molecular weight excluding hydrogens is 312 g/mol. The molecule has 6 nitrogen and oxygen atoms in total. The average molecular weight is 338 g/mol. The Balaban J connectivity index is 1.78. The van der Waals surface area contributed by atoms with E-state index in [0.717, 1.165) is 32.0 Å². The minimum Gasteiger partial charge on any atom is -0.337 e. The molecule has 0 aromatic carbocycles. The fourth-order valence-electron chi connectivity index (χ4n) is 3.55. The number of nitrogens with zero attached hydrogens (tertiary/aromatic N) is 4. The predicted octanol–water partition coefficient (Wildman–Crippen LogP) is 0.670. The lowest BCUT2D eigenvalue weighted by Crippen LogP contribution is -2.58. The first kappa shape index (κ1) is 16.7. The van der Waals surface area contributed by atoms with E-state index in [1.54, 1.807) is 6.20 Å². The maximum atomic E-state index is 12.2. The number of allylic oxidation sites excluding steroid dienone is 1. The second kappa shape index (κ2) is 6.37. The molecule has 0 saturated carbocycles. The number of sulfone groups is 1. The molecular formula is C16H26N4O2S. The van der Waals surface area contributed by atoms with Crippen molar-refractivity contribution in [2.75, 3.05) is 31.1 Å². The summed E-state index contributed by atoms with van der Waals surface area (Å²) in [7, 11) is -0.971. The molecule has 2 fully saturated rings. The topological polar surface area (TPSA) is 58.4 Å². The van der Waals surface area contributed by atoms with Crippen LogP contribution in [0.4, 0.5) is 0 Å². The molecule has 128 valence electrons. The van der Waals surface area contributed by atoms with Crippen LogP contribution in [0.2, 0.25) is 0 Å². The van der Waals surface area contributed by atoms with Crippen molar-refractivity contribution < 1.29 is 8.42 Å². The van der Waals surface area contributed by atoms with Gasteiger partial charge in [-0.1, -0.05) is 11.6 Å². The largest absolute Gasteiger partial charge is 0.337 e. The summed E-state index contributed by atoms with van der Waals surface area (Å²) in [5.41, 5.74) is 1.28. The summed E-state index contributed by atoms with van der Waals surface area (Å²) < 4.78 is 26.4. The molecule has 0 aliphatic carbocycles. The van der Waals surface area contributed by atoms with Gasteiger partial charge in [-0.05, 0) is 13.8 Å². The van der Waals surface area contributed by atoms with Gasteiger partial charge in [0.2, 0.25) is 0 Å². The molecule has 2 atom stereocenters. The van der Waals surface area contributed by atoms with Crippen molar-refractivity contribution in [2.24, 2.45) is 7.05 Å². The molecule has 1 aromatic heterocycles. The average Bonchev–Trinajstić information content (AvgIpc) is 3.00. The fraction of sp³-hybridized carbons (Fsp3) is 0.688. The Morgan fingerprint density at radius 1 is 1.26 bits per heavy atom. The van der Waals surface area contributed by atoms with Crippen LogP contribution in [0.3, 0.4) is 0 Å². The van der Waals surface area contributed by atoms with Crippen LogP contribution in [-0.2, 0) is 23.4 Å². The van der Waals surface area contributed by atoms with E-state index < -0.39 is 9.84 Å². The number of fused-ring (bicyclic) bond motifs is 1. The zero-order valence-electron chi connectivity index (χ0n) is 14.1. The lowest BCUT2D eigenvalue weighted by molar-refractivity contribution is 0.0456. The van der Waals surface area contributed by atoms with Crippen LogP contribution in [0.5, 0.6) is 0 Å². The van der Waals surface area contributed by atoms with Crippen molar-refractivity contribution in [3.05, 3.63) is 29.9 Å². The van der Waals surface area contributed by atoms with Crippen LogP contribution in [-0.4, -0.2) is 71.0 Å². The molecule has 1 aromatic rings. The van der Waals surface area contributed by atoms with Gasteiger partial charge in [0.25, 0.3) is 0 Å². The summed E-state index contributed by atoms with van der Waals surface area (Å²) in [5, 5.41) is 0. The minimum absolute atomic E-state index is 0.0796. The Hall–Kier alpha value is -1.18. The zero-order valence-corrected chi connectivity index (χ0v) is 15.0. The first-order valence-electron chi connectivity index (χ1n) is 8.14. The number of aromatic nitrogens is 2. The van der Waals surface area contributed by atoms with Gasteiger partial charge in [-0.2, -0.15) is 0 Å². The van der Waals surface area contributed by atoms with Gasteiger partial charge in [-0.15, -0.1) is 0 Å². The Morgan fingerprint density at radius 2 is 1.91 bits per heavy atom. The number of hydrogen-bond acceptors (Lipinski definition) is 5. The van der Waals surface area contributed by atoms with Crippen molar-refractivity contribution >= 4 is 9.84 Å². The Bertz CT molecular complexity index is 691. The van der Waals surface area contributed by atoms with Gasteiger partial charge in [0.1, 0.15) is 5.82 Å². The first-order chi connectivity index (χ1) is 10.9. The minimum atomic E-state index is -2.95. The monoisotopic (exact) mass is 338 g/mol. The van der Waals surface area contributed by atoms with Crippen molar-refractivity contribution in [3.63, 3.8) is 0 Å². The van der Waals surface area contributed by atoms with E-state index in [9.17, 15) is 8.42 Å². The van der Waals surface area contributed by atoms with Gasteiger partial charge in [-0.3, -0.25) is 9.80 Å². The molecule has 2 aliphatic heterocycles. The molecule has 2 aliphatic rings. The zero-order chi connectivity index (χ0) is 16.6. The van der Waals surface area contributed by atoms with E-state index in [2.05, 4.69) is 34.7 Å². The van der Waals surface area contributed by atoms with Crippen LogP contribution in [0.15, 0.2) is 24.0 Å².